The van der Waals surface area contributed by atoms with Crippen LogP contribution in [0.5, 0.6) is 0 Å². The van der Waals surface area contributed by atoms with Crippen molar-refractivity contribution in [3.63, 3.8) is 0 Å². The molecule has 0 aliphatic heterocycles. The summed E-state index contributed by atoms with van der Waals surface area (Å²) >= 11 is 3.18. The fourth-order valence-corrected chi connectivity index (χ4v) is 1.47. The van der Waals surface area contributed by atoms with Crippen molar-refractivity contribution in [2.24, 2.45) is 0 Å². The molecule has 62 valence electrons. The second kappa shape index (κ2) is 4.22. The predicted molar refractivity (Wildman–Crippen MR) is 48.0 cm³/mol. The third kappa shape index (κ3) is 2.63. The molecule has 0 aromatic heterocycles. The number of rotatable bonds is 2. The third-order valence-electron chi connectivity index (χ3n) is 1.45. The molecule has 0 fully saturated rings. The van der Waals surface area contributed by atoms with E-state index in [0.29, 0.717) is 12.8 Å². The summed E-state index contributed by atoms with van der Waals surface area (Å²) in [5.74, 6) is -0.266. The van der Waals surface area contributed by atoms with E-state index in [0.717, 1.165) is 10.0 Å². The Hall–Kier alpha value is -0.880. The maximum atomic E-state index is 12.7. The summed E-state index contributed by atoms with van der Waals surface area (Å²) in [6, 6.07) is 6.68. The van der Waals surface area contributed by atoms with E-state index in [4.69, 9.17) is 5.26 Å². The zero-order valence-corrected chi connectivity index (χ0v) is 7.94. The molecule has 0 unspecified atom stereocenters. The lowest BCUT2D eigenvalue weighted by Gasteiger charge is -1.98. The van der Waals surface area contributed by atoms with Gasteiger partial charge >= 0.3 is 0 Å². The van der Waals surface area contributed by atoms with Crippen molar-refractivity contribution in [1.29, 1.82) is 5.26 Å². The molecule has 1 aromatic carbocycles. The summed E-state index contributed by atoms with van der Waals surface area (Å²) in [6.45, 7) is 0. The monoisotopic (exact) mass is 227 g/mol. The van der Waals surface area contributed by atoms with E-state index in [-0.39, 0.29) is 5.82 Å². The number of hydrogen-bond donors (Lipinski definition) is 0. The lowest BCUT2D eigenvalue weighted by atomic mass is 10.1. The highest BCUT2D eigenvalue weighted by atomic mass is 79.9. The zero-order chi connectivity index (χ0) is 8.97. The summed E-state index contributed by atoms with van der Waals surface area (Å²) in [4.78, 5) is 0. The summed E-state index contributed by atoms with van der Waals surface area (Å²) in [5.41, 5.74) is 0.850. The fourth-order valence-electron chi connectivity index (χ4n) is 0.956. The summed E-state index contributed by atoms with van der Waals surface area (Å²) in [5, 5.41) is 8.31. The maximum Gasteiger partial charge on any atom is 0.124 e. The van der Waals surface area contributed by atoms with Gasteiger partial charge in [0.25, 0.3) is 0 Å². The van der Waals surface area contributed by atoms with E-state index in [2.05, 4.69) is 15.9 Å². The van der Waals surface area contributed by atoms with Crippen molar-refractivity contribution in [3.8, 4) is 6.07 Å². The Morgan fingerprint density at radius 2 is 2.17 bits per heavy atom. The van der Waals surface area contributed by atoms with Crippen molar-refractivity contribution >= 4 is 15.9 Å². The van der Waals surface area contributed by atoms with Crippen molar-refractivity contribution in [2.45, 2.75) is 12.8 Å². The summed E-state index contributed by atoms with van der Waals surface area (Å²) in [7, 11) is 0. The van der Waals surface area contributed by atoms with Gasteiger partial charge in [0.05, 0.1) is 6.07 Å². The Morgan fingerprint density at radius 3 is 2.75 bits per heavy atom. The van der Waals surface area contributed by atoms with Crippen LogP contribution >= 0.6 is 15.9 Å². The van der Waals surface area contributed by atoms with E-state index in [1.165, 1.54) is 12.1 Å². The normalized spacial score (nSPS) is 9.42. The third-order valence-corrected chi connectivity index (χ3v) is 1.91. The Morgan fingerprint density at radius 1 is 1.42 bits per heavy atom. The second-order valence-electron chi connectivity index (χ2n) is 2.44. The SMILES string of the molecule is N#CCCc1cc(F)cc(Br)c1. The predicted octanol–water partition coefficient (Wildman–Crippen LogP) is 3.04. The van der Waals surface area contributed by atoms with Gasteiger partial charge in [-0.1, -0.05) is 15.9 Å². The molecule has 0 atom stereocenters. The highest BCUT2D eigenvalue weighted by Gasteiger charge is 1.97. The van der Waals surface area contributed by atoms with Crippen LogP contribution < -0.4 is 0 Å². The van der Waals surface area contributed by atoms with E-state index < -0.39 is 0 Å². The van der Waals surface area contributed by atoms with Crippen molar-refractivity contribution < 1.29 is 4.39 Å². The van der Waals surface area contributed by atoms with Crippen LogP contribution in [0, 0.1) is 17.1 Å². The Labute approximate surface area is 79.0 Å². The zero-order valence-electron chi connectivity index (χ0n) is 6.35. The quantitative estimate of drug-likeness (QED) is 0.763. The minimum atomic E-state index is -0.266. The smallest absolute Gasteiger partial charge is 0.124 e. The average molecular weight is 228 g/mol. The van der Waals surface area contributed by atoms with Crippen LogP contribution in [0.4, 0.5) is 4.39 Å². The first kappa shape index (κ1) is 9.21. The Bertz CT molecular complexity index is 297. The molecule has 0 saturated carbocycles. The van der Waals surface area contributed by atoms with Gasteiger partial charge < -0.3 is 0 Å². The van der Waals surface area contributed by atoms with E-state index in [1.807, 2.05) is 12.1 Å². The number of nitriles is 1. The van der Waals surface area contributed by atoms with E-state index in [9.17, 15) is 4.39 Å². The molecule has 0 saturated heterocycles. The molecule has 0 spiro atoms. The van der Waals surface area contributed by atoms with Gasteiger partial charge in [0, 0.05) is 10.9 Å². The molecule has 0 heterocycles. The van der Waals surface area contributed by atoms with Crippen LogP contribution in [-0.2, 0) is 6.42 Å². The topological polar surface area (TPSA) is 23.8 Å². The average Bonchev–Trinajstić information content (AvgIpc) is 1.99. The van der Waals surface area contributed by atoms with E-state index >= 15 is 0 Å². The molecule has 0 bridgehead atoms. The first-order valence-corrected chi connectivity index (χ1v) is 4.33. The Balaban J connectivity index is 2.80. The number of aryl methyl sites for hydroxylation is 1. The molecule has 0 amide bonds. The van der Waals surface area contributed by atoms with Crippen LogP contribution in [-0.4, -0.2) is 0 Å². The van der Waals surface area contributed by atoms with Crippen molar-refractivity contribution in [2.75, 3.05) is 0 Å². The molecule has 1 nitrogen and oxygen atoms in total. The highest BCUT2D eigenvalue weighted by Crippen LogP contribution is 2.15. The first-order valence-electron chi connectivity index (χ1n) is 3.54. The van der Waals surface area contributed by atoms with Gasteiger partial charge in [-0.25, -0.2) is 4.39 Å². The lowest BCUT2D eigenvalue weighted by Crippen LogP contribution is -1.85. The molecule has 12 heavy (non-hydrogen) atoms. The van der Waals surface area contributed by atoms with Crippen molar-refractivity contribution in [1.82, 2.24) is 0 Å². The van der Waals surface area contributed by atoms with Gasteiger partial charge in [-0.05, 0) is 30.2 Å². The maximum absolute atomic E-state index is 12.7. The Kier molecular flexibility index (Phi) is 3.24. The molecule has 0 N–H and O–H groups in total. The lowest BCUT2D eigenvalue weighted by molar-refractivity contribution is 0.624. The molecule has 1 rings (SSSR count). The van der Waals surface area contributed by atoms with Gasteiger partial charge in [-0.2, -0.15) is 5.26 Å². The molecular weight excluding hydrogens is 221 g/mol. The summed E-state index contributed by atoms with van der Waals surface area (Å²) < 4.78 is 13.5. The van der Waals surface area contributed by atoms with Gasteiger partial charge in [0.1, 0.15) is 5.82 Å². The fraction of sp³-hybridized carbons (Fsp3) is 0.222. The van der Waals surface area contributed by atoms with Crippen LogP contribution in [0.3, 0.4) is 0 Å². The number of benzene rings is 1. The van der Waals surface area contributed by atoms with Gasteiger partial charge in [-0.15, -0.1) is 0 Å². The molecule has 0 aliphatic carbocycles. The molecule has 3 heteroatoms. The highest BCUT2D eigenvalue weighted by molar-refractivity contribution is 9.10. The van der Waals surface area contributed by atoms with Crippen LogP contribution in [0.2, 0.25) is 0 Å². The number of halogens is 2. The largest absolute Gasteiger partial charge is 0.207 e. The van der Waals surface area contributed by atoms with Crippen molar-refractivity contribution in [3.05, 3.63) is 34.1 Å². The van der Waals surface area contributed by atoms with Gasteiger partial charge in [-0.3, -0.25) is 0 Å². The van der Waals surface area contributed by atoms with Crippen LogP contribution in [0.15, 0.2) is 22.7 Å². The second-order valence-corrected chi connectivity index (χ2v) is 3.35. The first-order chi connectivity index (χ1) is 5.72. The van der Waals surface area contributed by atoms with E-state index in [1.54, 1.807) is 0 Å². The molecule has 1 aromatic rings. The summed E-state index contributed by atoms with van der Waals surface area (Å²) in [6.07, 6.45) is 1.03. The van der Waals surface area contributed by atoms with Crippen LogP contribution in [0.25, 0.3) is 0 Å². The van der Waals surface area contributed by atoms with Gasteiger partial charge in [0.2, 0.25) is 0 Å². The molecule has 0 aliphatic rings. The minimum absolute atomic E-state index is 0.266. The van der Waals surface area contributed by atoms with Gasteiger partial charge in [0.15, 0.2) is 0 Å². The number of hydrogen-bond acceptors (Lipinski definition) is 1. The standard InChI is InChI=1S/C9H7BrFN/c10-8-4-7(2-1-3-12)5-9(11)6-8/h4-6H,1-2H2. The van der Waals surface area contributed by atoms with Crippen LogP contribution in [0.1, 0.15) is 12.0 Å². The molecule has 0 radical (unpaired) electrons. The molecular formula is C9H7BrFN. The minimum Gasteiger partial charge on any atom is -0.207 e. The number of nitrogens with zero attached hydrogens (tertiary/aromatic N) is 1.